The summed E-state index contributed by atoms with van der Waals surface area (Å²) in [5, 5.41) is 6.58. The molecule has 2 N–H and O–H groups in total. The summed E-state index contributed by atoms with van der Waals surface area (Å²) in [6.07, 6.45) is 1.45. The number of nitrogens with one attached hydrogen (secondary N) is 2. The summed E-state index contributed by atoms with van der Waals surface area (Å²) in [7, 11) is 4.69. The molecular formula is C26H25N7O3. The Morgan fingerprint density at radius 1 is 0.750 bits per heavy atom. The van der Waals surface area contributed by atoms with Crippen LogP contribution in [0.3, 0.4) is 0 Å². The molecule has 5 aromatic rings. The van der Waals surface area contributed by atoms with Gasteiger partial charge in [0.1, 0.15) is 6.33 Å². The van der Waals surface area contributed by atoms with E-state index < -0.39 is 0 Å². The second kappa shape index (κ2) is 9.79. The van der Waals surface area contributed by atoms with Crippen molar-refractivity contribution >= 4 is 34.3 Å². The largest absolute Gasteiger partial charge is 0.493 e. The number of hydrogen-bond donors (Lipinski definition) is 2. The van der Waals surface area contributed by atoms with E-state index in [1.54, 1.807) is 33.5 Å². The highest BCUT2D eigenvalue weighted by atomic mass is 16.5. The first-order valence-corrected chi connectivity index (χ1v) is 11.2. The fourth-order valence-corrected chi connectivity index (χ4v) is 3.82. The highest BCUT2D eigenvalue weighted by molar-refractivity contribution is 5.81. The van der Waals surface area contributed by atoms with E-state index in [1.807, 2.05) is 60.0 Å². The number of para-hydroxylation sites is 2. The molecule has 3 aromatic carbocycles. The van der Waals surface area contributed by atoms with Crippen molar-refractivity contribution < 1.29 is 14.2 Å². The molecule has 2 heterocycles. The third-order valence-electron chi connectivity index (χ3n) is 5.55. The zero-order valence-corrected chi connectivity index (χ0v) is 20.3. The predicted molar refractivity (Wildman–Crippen MR) is 138 cm³/mol. The average molecular weight is 484 g/mol. The molecule has 10 heteroatoms. The van der Waals surface area contributed by atoms with Crippen molar-refractivity contribution in [1.29, 1.82) is 0 Å². The number of benzene rings is 3. The number of methoxy groups -OCH3 is 3. The topological polar surface area (TPSA) is 108 Å². The van der Waals surface area contributed by atoms with Crippen LogP contribution in [0.4, 0.5) is 23.3 Å². The van der Waals surface area contributed by atoms with Crippen LogP contribution in [0.1, 0.15) is 5.56 Å². The predicted octanol–water partition coefficient (Wildman–Crippen LogP) is 5.03. The SMILES string of the molecule is COc1cc(Nc2ncnc(-n3c(Nc4ccc(C)cc4)nc4ccccc43)n2)cc(OC)c1OC. The number of fused-ring (bicyclic) bond motifs is 1. The quantitative estimate of drug-likeness (QED) is 0.314. The molecule has 0 aliphatic rings. The molecule has 10 nitrogen and oxygen atoms in total. The van der Waals surface area contributed by atoms with Gasteiger partial charge in [-0.05, 0) is 31.2 Å². The second-order valence-corrected chi connectivity index (χ2v) is 7.90. The van der Waals surface area contributed by atoms with Crippen LogP contribution in [0.5, 0.6) is 17.2 Å². The fourth-order valence-electron chi connectivity index (χ4n) is 3.82. The van der Waals surface area contributed by atoms with Crippen LogP contribution in [0, 0.1) is 6.92 Å². The molecular weight excluding hydrogens is 458 g/mol. The Hall–Kier alpha value is -4.86. The highest BCUT2D eigenvalue weighted by Gasteiger charge is 2.17. The molecule has 0 bridgehead atoms. The van der Waals surface area contributed by atoms with Crippen LogP contribution in [0.15, 0.2) is 67.0 Å². The van der Waals surface area contributed by atoms with Crippen LogP contribution < -0.4 is 24.8 Å². The van der Waals surface area contributed by atoms with E-state index >= 15 is 0 Å². The molecule has 0 spiro atoms. The van der Waals surface area contributed by atoms with Crippen molar-refractivity contribution in [3.05, 3.63) is 72.6 Å². The van der Waals surface area contributed by atoms with Crippen LogP contribution in [-0.4, -0.2) is 45.8 Å². The van der Waals surface area contributed by atoms with Crippen molar-refractivity contribution in [1.82, 2.24) is 24.5 Å². The lowest BCUT2D eigenvalue weighted by atomic mass is 10.2. The number of imidazole rings is 1. The standard InChI is InChI=1S/C26H25N7O3/c1-16-9-11-17(12-10-16)30-26-31-19-7-5-6-8-20(19)33(26)25-28-15-27-24(32-25)29-18-13-21(34-2)23(36-4)22(14-18)35-3/h5-15H,1-4H3,(H,30,31)(H,27,28,29,32). The number of anilines is 4. The molecule has 5 rings (SSSR count). The molecule has 0 unspecified atom stereocenters. The van der Waals surface area contributed by atoms with Gasteiger partial charge in [-0.25, -0.2) is 19.5 Å². The van der Waals surface area contributed by atoms with Crippen molar-refractivity contribution in [2.24, 2.45) is 0 Å². The van der Waals surface area contributed by atoms with E-state index in [-0.39, 0.29) is 0 Å². The first kappa shape index (κ1) is 22.9. The third-order valence-corrected chi connectivity index (χ3v) is 5.55. The molecule has 182 valence electrons. The number of aromatic nitrogens is 5. The van der Waals surface area contributed by atoms with Gasteiger partial charge in [-0.15, -0.1) is 0 Å². The molecule has 0 saturated heterocycles. The summed E-state index contributed by atoms with van der Waals surface area (Å²) in [5.41, 5.74) is 4.41. The minimum atomic E-state index is 0.341. The normalized spacial score (nSPS) is 10.8. The maximum Gasteiger partial charge on any atom is 0.241 e. The molecule has 0 radical (unpaired) electrons. The van der Waals surface area contributed by atoms with Gasteiger partial charge in [0, 0.05) is 23.5 Å². The number of aryl methyl sites for hydroxylation is 1. The summed E-state index contributed by atoms with van der Waals surface area (Å²) in [4.78, 5) is 18.2. The lowest BCUT2D eigenvalue weighted by molar-refractivity contribution is 0.324. The number of hydrogen-bond acceptors (Lipinski definition) is 9. The maximum absolute atomic E-state index is 5.45. The van der Waals surface area contributed by atoms with Crippen LogP contribution in [0.25, 0.3) is 17.0 Å². The zero-order chi connectivity index (χ0) is 25.1. The molecule has 0 atom stereocenters. The van der Waals surface area contributed by atoms with E-state index in [4.69, 9.17) is 19.2 Å². The molecule has 36 heavy (non-hydrogen) atoms. The van der Waals surface area contributed by atoms with Crippen molar-refractivity contribution in [3.8, 4) is 23.2 Å². The molecule has 0 aliphatic heterocycles. The summed E-state index contributed by atoms with van der Waals surface area (Å²) in [6.45, 7) is 2.05. The molecule has 0 saturated carbocycles. The van der Waals surface area contributed by atoms with Crippen molar-refractivity contribution in [3.63, 3.8) is 0 Å². The molecule has 0 amide bonds. The van der Waals surface area contributed by atoms with Gasteiger partial charge in [0.05, 0.1) is 32.4 Å². The number of rotatable bonds is 8. The molecule has 0 fully saturated rings. The minimum absolute atomic E-state index is 0.341. The summed E-state index contributed by atoms with van der Waals surface area (Å²) in [5.74, 6) is 2.86. The number of ether oxygens (including phenoxy) is 3. The third kappa shape index (κ3) is 4.43. The van der Waals surface area contributed by atoms with Gasteiger partial charge in [0.15, 0.2) is 11.5 Å². The van der Waals surface area contributed by atoms with Crippen LogP contribution in [0.2, 0.25) is 0 Å². The lowest BCUT2D eigenvalue weighted by Gasteiger charge is -2.15. The van der Waals surface area contributed by atoms with Crippen LogP contribution in [-0.2, 0) is 0 Å². The molecule has 2 aromatic heterocycles. The van der Waals surface area contributed by atoms with Gasteiger partial charge in [-0.3, -0.25) is 0 Å². The van der Waals surface area contributed by atoms with E-state index in [0.29, 0.717) is 40.8 Å². The van der Waals surface area contributed by atoms with Gasteiger partial charge >= 0.3 is 0 Å². The summed E-state index contributed by atoms with van der Waals surface area (Å²) >= 11 is 0. The Morgan fingerprint density at radius 2 is 1.47 bits per heavy atom. The van der Waals surface area contributed by atoms with Gasteiger partial charge in [-0.1, -0.05) is 29.8 Å². The lowest BCUT2D eigenvalue weighted by Crippen LogP contribution is -2.08. The molecule has 0 aliphatic carbocycles. The first-order valence-electron chi connectivity index (χ1n) is 11.2. The van der Waals surface area contributed by atoms with Gasteiger partial charge < -0.3 is 24.8 Å². The average Bonchev–Trinajstić information content (AvgIpc) is 3.27. The second-order valence-electron chi connectivity index (χ2n) is 7.90. The van der Waals surface area contributed by atoms with Crippen molar-refractivity contribution in [2.75, 3.05) is 32.0 Å². The van der Waals surface area contributed by atoms with E-state index in [2.05, 4.69) is 25.6 Å². The Labute approximate surface area is 207 Å². The monoisotopic (exact) mass is 483 g/mol. The minimum Gasteiger partial charge on any atom is -0.493 e. The highest BCUT2D eigenvalue weighted by Crippen LogP contribution is 2.40. The first-order chi connectivity index (χ1) is 17.6. The Kier molecular flexibility index (Phi) is 6.23. The summed E-state index contributed by atoms with van der Waals surface area (Å²) < 4.78 is 18.2. The Bertz CT molecular complexity index is 1490. The van der Waals surface area contributed by atoms with Gasteiger partial charge in [0.2, 0.25) is 23.6 Å². The van der Waals surface area contributed by atoms with Gasteiger partial charge in [0.25, 0.3) is 0 Å². The maximum atomic E-state index is 5.45. The summed E-state index contributed by atoms with van der Waals surface area (Å²) in [6, 6.07) is 19.5. The Balaban J connectivity index is 1.54. The van der Waals surface area contributed by atoms with Crippen LogP contribution >= 0.6 is 0 Å². The van der Waals surface area contributed by atoms with E-state index in [0.717, 1.165) is 16.7 Å². The van der Waals surface area contributed by atoms with Crippen molar-refractivity contribution in [2.45, 2.75) is 6.92 Å². The smallest absolute Gasteiger partial charge is 0.241 e. The zero-order valence-electron chi connectivity index (χ0n) is 20.3. The van der Waals surface area contributed by atoms with Gasteiger partial charge in [-0.2, -0.15) is 4.98 Å². The number of nitrogens with zero attached hydrogens (tertiary/aromatic N) is 5. The van der Waals surface area contributed by atoms with E-state index in [9.17, 15) is 0 Å². The fraction of sp³-hybridized carbons (Fsp3) is 0.154. The van der Waals surface area contributed by atoms with E-state index in [1.165, 1.54) is 11.9 Å². The Morgan fingerprint density at radius 3 is 2.17 bits per heavy atom.